The van der Waals surface area contributed by atoms with E-state index in [1.165, 1.54) is 25.7 Å². The monoisotopic (exact) mass is 211 g/mol. The molecular weight excluding hydrogens is 186 g/mol. The van der Waals surface area contributed by atoms with Crippen LogP contribution in [0.1, 0.15) is 39.0 Å². The van der Waals surface area contributed by atoms with Crippen LogP contribution in [0.15, 0.2) is 4.99 Å². The molecule has 3 heteroatoms. The van der Waals surface area contributed by atoms with Crippen molar-refractivity contribution in [3.05, 3.63) is 0 Å². The van der Waals surface area contributed by atoms with Gasteiger partial charge in [-0.25, -0.2) is 0 Å². The maximum atomic E-state index is 5.98. The fourth-order valence-corrected chi connectivity index (χ4v) is 1.99. The molecule has 0 saturated heterocycles. The number of rotatable bonds is 5. The molecule has 0 aliphatic heterocycles. The first-order valence-corrected chi connectivity index (χ1v) is 6.07. The van der Waals surface area contributed by atoms with Crippen molar-refractivity contribution in [2.75, 3.05) is 20.6 Å². The van der Waals surface area contributed by atoms with Crippen LogP contribution in [0.4, 0.5) is 0 Å². The number of aliphatic imine (C=N–C) groups is 1. The summed E-state index contributed by atoms with van der Waals surface area (Å²) in [4.78, 5) is 6.72. The van der Waals surface area contributed by atoms with E-state index in [1.807, 2.05) is 0 Å². The van der Waals surface area contributed by atoms with E-state index in [0.29, 0.717) is 12.0 Å². The topological polar surface area (TPSA) is 41.6 Å². The van der Waals surface area contributed by atoms with E-state index < -0.39 is 0 Å². The minimum atomic E-state index is 0.583. The van der Waals surface area contributed by atoms with E-state index in [9.17, 15) is 0 Å². The summed E-state index contributed by atoms with van der Waals surface area (Å²) in [5.41, 5.74) is 5.98. The van der Waals surface area contributed by atoms with Gasteiger partial charge in [0.25, 0.3) is 0 Å². The van der Waals surface area contributed by atoms with Gasteiger partial charge in [-0.3, -0.25) is 4.99 Å². The largest absolute Gasteiger partial charge is 0.387 e. The summed E-state index contributed by atoms with van der Waals surface area (Å²) in [6, 6.07) is 0.588. The van der Waals surface area contributed by atoms with E-state index in [-0.39, 0.29) is 0 Å². The molecule has 3 nitrogen and oxygen atoms in total. The Kier molecular flexibility index (Phi) is 5.09. The lowest BCUT2D eigenvalue weighted by Crippen LogP contribution is -2.26. The Morgan fingerprint density at radius 2 is 2.00 bits per heavy atom. The summed E-state index contributed by atoms with van der Waals surface area (Å²) in [5.74, 6) is 1.48. The highest BCUT2D eigenvalue weighted by Gasteiger charge is 2.18. The zero-order chi connectivity index (χ0) is 11.3. The molecule has 88 valence electrons. The molecular formula is C12H25N3. The summed E-state index contributed by atoms with van der Waals surface area (Å²) in [7, 11) is 4.21. The van der Waals surface area contributed by atoms with Gasteiger partial charge in [0.15, 0.2) is 0 Å². The van der Waals surface area contributed by atoms with Gasteiger partial charge in [0.05, 0.1) is 5.84 Å². The second kappa shape index (κ2) is 6.11. The van der Waals surface area contributed by atoms with Gasteiger partial charge in [-0.15, -0.1) is 0 Å². The molecule has 1 rings (SSSR count). The van der Waals surface area contributed by atoms with Crippen LogP contribution in [-0.4, -0.2) is 37.4 Å². The van der Waals surface area contributed by atoms with Crippen molar-refractivity contribution in [1.82, 2.24) is 4.90 Å². The molecule has 1 atom stereocenters. The Bertz CT molecular complexity index is 205. The van der Waals surface area contributed by atoms with Gasteiger partial charge < -0.3 is 10.6 Å². The first-order valence-electron chi connectivity index (χ1n) is 6.07. The average Bonchev–Trinajstić information content (AvgIpc) is 2.70. The Morgan fingerprint density at radius 1 is 1.40 bits per heavy atom. The average molecular weight is 211 g/mol. The number of hydrogen-bond acceptors (Lipinski definition) is 2. The molecule has 0 aromatic carbocycles. The van der Waals surface area contributed by atoms with Crippen molar-refractivity contribution in [2.24, 2.45) is 16.6 Å². The molecule has 0 aromatic heterocycles. The summed E-state index contributed by atoms with van der Waals surface area (Å²) in [5, 5.41) is 0. The van der Waals surface area contributed by atoms with Gasteiger partial charge in [0, 0.05) is 18.5 Å². The number of nitrogens with zero attached hydrogens (tertiary/aromatic N) is 2. The predicted octanol–water partition coefficient (Wildman–Crippen LogP) is 1.87. The van der Waals surface area contributed by atoms with E-state index in [4.69, 9.17) is 5.73 Å². The van der Waals surface area contributed by atoms with Gasteiger partial charge in [-0.2, -0.15) is 0 Å². The van der Waals surface area contributed by atoms with Gasteiger partial charge in [0.1, 0.15) is 0 Å². The van der Waals surface area contributed by atoms with Crippen LogP contribution >= 0.6 is 0 Å². The van der Waals surface area contributed by atoms with Crippen molar-refractivity contribution in [3.8, 4) is 0 Å². The fourth-order valence-electron chi connectivity index (χ4n) is 1.99. The molecule has 1 fully saturated rings. The Morgan fingerprint density at radius 3 is 2.53 bits per heavy atom. The smallest absolute Gasteiger partial charge is 0.0968 e. The molecule has 0 amide bonds. The van der Waals surface area contributed by atoms with Crippen LogP contribution in [0.25, 0.3) is 0 Å². The van der Waals surface area contributed by atoms with Crippen LogP contribution in [-0.2, 0) is 0 Å². The zero-order valence-corrected chi connectivity index (χ0v) is 10.4. The third-order valence-corrected chi connectivity index (χ3v) is 3.50. The second-order valence-electron chi connectivity index (χ2n) is 4.89. The molecule has 0 radical (unpaired) electrons. The van der Waals surface area contributed by atoms with Gasteiger partial charge in [-0.05, 0) is 40.3 Å². The molecule has 15 heavy (non-hydrogen) atoms. The van der Waals surface area contributed by atoms with Gasteiger partial charge in [-0.1, -0.05) is 12.8 Å². The highest BCUT2D eigenvalue weighted by atomic mass is 15.1. The summed E-state index contributed by atoms with van der Waals surface area (Å²) < 4.78 is 0. The standard InChI is InChI=1S/C12H25N3/c1-10(15(2)3)8-9-14-12(13)11-6-4-5-7-11/h10-11H,4-9H2,1-3H3,(H2,13,14). The fraction of sp³-hybridized carbons (Fsp3) is 0.917. The van der Waals surface area contributed by atoms with Crippen molar-refractivity contribution < 1.29 is 0 Å². The van der Waals surface area contributed by atoms with Crippen molar-refractivity contribution in [2.45, 2.75) is 45.1 Å². The Labute approximate surface area is 93.7 Å². The maximum absolute atomic E-state index is 5.98. The number of amidine groups is 1. The lowest BCUT2D eigenvalue weighted by atomic mass is 10.1. The lowest BCUT2D eigenvalue weighted by molar-refractivity contribution is 0.302. The Hall–Kier alpha value is -0.570. The molecule has 2 N–H and O–H groups in total. The summed E-state index contributed by atoms with van der Waals surface area (Å²) in [6.07, 6.45) is 6.25. The van der Waals surface area contributed by atoms with Crippen LogP contribution < -0.4 is 5.73 Å². The predicted molar refractivity (Wildman–Crippen MR) is 66.2 cm³/mol. The maximum Gasteiger partial charge on any atom is 0.0968 e. The summed E-state index contributed by atoms with van der Waals surface area (Å²) >= 11 is 0. The first-order chi connectivity index (χ1) is 7.11. The second-order valence-corrected chi connectivity index (χ2v) is 4.89. The van der Waals surface area contributed by atoms with Crippen LogP contribution in [0, 0.1) is 5.92 Å². The van der Waals surface area contributed by atoms with Crippen LogP contribution in [0.5, 0.6) is 0 Å². The van der Waals surface area contributed by atoms with E-state index in [2.05, 4.69) is 30.9 Å². The molecule has 0 heterocycles. The third kappa shape index (κ3) is 4.20. The molecule has 0 spiro atoms. The third-order valence-electron chi connectivity index (χ3n) is 3.50. The minimum absolute atomic E-state index is 0.583. The van der Waals surface area contributed by atoms with E-state index >= 15 is 0 Å². The molecule has 1 aliphatic carbocycles. The highest BCUT2D eigenvalue weighted by molar-refractivity contribution is 5.83. The lowest BCUT2D eigenvalue weighted by Gasteiger charge is -2.18. The number of nitrogens with two attached hydrogens (primary N) is 1. The first kappa shape index (κ1) is 12.5. The minimum Gasteiger partial charge on any atom is -0.387 e. The Balaban J connectivity index is 2.24. The molecule has 0 aromatic rings. The van der Waals surface area contributed by atoms with Crippen molar-refractivity contribution in [1.29, 1.82) is 0 Å². The van der Waals surface area contributed by atoms with E-state index in [0.717, 1.165) is 18.8 Å². The van der Waals surface area contributed by atoms with E-state index in [1.54, 1.807) is 0 Å². The summed E-state index contributed by atoms with van der Waals surface area (Å²) in [6.45, 7) is 3.10. The van der Waals surface area contributed by atoms with Crippen LogP contribution in [0.2, 0.25) is 0 Å². The zero-order valence-electron chi connectivity index (χ0n) is 10.4. The quantitative estimate of drug-likeness (QED) is 0.557. The van der Waals surface area contributed by atoms with Crippen LogP contribution in [0.3, 0.4) is 0 Å². The molecule has 1 aliphatic rings. The highest BCUT2D eigenvalue weighted by Crippen LogP contribution is 2.24. The van der Waals surface area contributed by atoms with Crippen molar-refractivity contribution in [3.63, 3.8) is 0 Å². The van der Waals surface area contributed by atoms with Gasteiger partial charge >= 0.3 is 0 Å². The number of hydrogen-bond donors (Lipinski definition) is 1. The SMILES string of the molecule is CC(CCN=C(N)C1CCCC1)N(C)C. The molecule has 1 unspecified atom stereocenters. The molecule has 0 bridgehead atoms. The normalized spacial score (nSPS) is 21.2. The molecule has 1 saturated carbocycles. The van der Waals surface area contributed by atoms with Gasteiger partial charge in [0.2, 0.25) is 0 Å². The van der Waals surface area contributed by atoms with Crippen molar-refractivity contribution >= 4 is 5.84 Å².